The third kappa shape index (κ3) is 1.51. The third-order valence-electron chi connectivity index (χ3n) is 3.58. The lowest BCUT2D eigenvalue weighted by atomic mass is 9.79. The molecule has 0 atom stereocenters. The predicted octanol–water partition coefficient (Wildman–Crippen LogP) is 4.00. The third-order valence-corrected chi connectivity index (χ3v) is 3.58. The van der Waals surface area contributed by atoms with Crippen molar-refractivity contribution in [2.45, 2.75) is 19.3 Å². The average Bonchev–Trinajstić information content (AvgIpc) is 2.72. The second-order valence-electron chi connectivity index (χ2n) is 4.59. The normalized spacial score (nSPS) is 13.4. The molecule has 3 rings (SSSR count). The van der Waals surface area contributed by atoms with Crippen LogP contribution in [0.25, 0.3) is 11.1 Å². The van der Waals surface area contributed by atoms with E-state index < -0.39 is 5.41 Å². The molecule has 0 aromatic heterocycles. The summed E-state index contributed by atoms with van der Waals surface area (Å²) in [7, 11) is 0. The molecule has 0 nitrogen and oxygen atoms in total. The average molecular weight is 242 g/mol. The molecule has 0 bridgehead atoms. The van der Waals surface area contributed by atoms with Crippen LogP contribution in [0.2, 0.25) is 0 Å². The van der Waals surface area contributed by atoms with Crippen molar-refractivity contribution in [2.75, 3.05) is 0 Å². The van der Waals surface area contributed by atoms with Crippen molar-refractivity contribution >= 4 is 0 Å². The van der Waals surface area contributed by atoms with Crippen molar-refractivity contribution in [3.8, 4) is 34.8 Å². The van der Waals surface area contributed by atoms with Gasteiger partial charge in [-0.15, -0.1) is 11.8 Å². The lowest BCUT2D eigenvalue weighted by Gasteiger charge is -2.19. The Morgan fingerprint density at radius 3 is 1.53 bits per heavy atom. The summed E-state index contributed by atoms with van der Waals surface area (Å²) in [4.78, 5) is 0. The van der Waals surface area contributed by atoms with E-state index in [1.807, 2.05) is 13.8 Å². The maximum Gasteiger partial charge on any atom is 0.143 e. The van der Waals surface area contributed by atoms with Crippen LogP contribution in [0.15, 0.2) is 48.5 Å². The van der Waals surface area contributed by atoms with E-state index in [9.17, 15) is 0 Å². The molecule has 1 aliphatic carbocycles. The predicted molar refractivity (Wildman–Crippen MR) is 79.6 cm³/mol. The van der Waals surface area contributed by atoms with E-state index in [-0.39, 0.29) is 0 Å². The second-order valence-corrected chi connectivity index (χ2v) is 4.59. The summed E-state index contributed by atoms with van der Waals surface area (Å²) < 4.78 is 0. The van der Waals surface area contributed by atoms with E-state index in [1.54, 1.807) is 0 Å². The van der Waals surface area contributed by atoms with E-state index in [2.05, 4.69) is 72.2 Å². The van der Waals surface area contributed by atoms with Crippen LogP contribution in [-0.4, -0.2) is 0 Å². The highest BCUT2D eigenvalue weighted by molar-refractivity contribution is 5.85. The first-order valence-electron chi connectivity index (χ1n) is 6.40. The van der Waals surface area contributed by atoms with Gasteiger partial charge in [-0.2, -0.15) is 0 Å². The Kier molecular flexibility index (Phi) is 2.66. The molecule has 0 heteroatoms. The summed E-state index contributed by atoms with van der Waals surface area (Å²) in [6.07, 6.45) is 0. The van der Waals surface area contributed by atoms with Crippen molar-refractivity contribution in [3.63, 3.8) is 0 Å². The highest BCUT2D eigenvalue weighted by Gasteiger charge is 2.40. The van der Waals surface area contributed by atoms with Crippen LogP contribution in [-0.2, 0) is 5.41 Å². The SMILES string of the molecule is CC#CC1(C#CC)c2ccccc2-c2ccccc21. The van der Waals surface area contributed by atoms with Crippen molar-refractivity contribution in [1.29, 1.82) is 0 Å². The Hall–Kier alpha value is -2.44. The molecule has 2 aromatic carbocycles. The van der Waals surface area contributed by atoms with Gasteiger partial charge in [-0.1, -0.05) is 60.4 Å². The molecule has 0 spiro atoms. The van der Waals surface area contributed by atoms with Gasteiger partial charge in [0.1, 0.15) is 5.41 Å². The van der Waals surface area contributed by atoms with Gasteiger partial charge in [-0.05, 0) is 36.1 Å². The second kappa shape index (κ2) is 4.34. The zero-order valence-corrected chi connectivity index (χ0v) is 11.1. The minimum atomic E-state index is -0.462. The molecule has 0 radical (unpaired) electrons. The van der Waals surface area contributed by atoms with Gasteiger partial charge in [0.05, 0.1) is 0 Å². The van der Waals surface area contributed by atoms with Gasteiger partial charge in [0.25, 0.3) is 0 Å². The highest BCUT2D eigenvalue weighted by Crippen LogP contribution is 2.48. The van der Waals surface area contributed by atoms with Gasteiger partial charge in [0.2, 0.25) is 0 Å². The molecule has 0 N–H and O–H groups in total. The number of hydrogen-bond acceptors (Lipinski definition) is 0. The first-order chi connectivity index (χ1) is 9.33. The van der Waals surface area contributed by atoms with Gasteiger partial charge < -0.3 is 0 Å². The highest BCUT2D eigenvalue weighted by atomic mass is 14.4. The van der Waals surface area contributed by atoms with Crippen LogP contribution >= 0.6 is 0 Å². The van der Waals surface area contributed by atoms with Crippen LogP contribution in [0.3, 0.4) is 0 Å². The van der Waals surface area contributed by atoms with Crippen LogP contribution in [0.4, 0.5) is 0 Å². The van der Waals surface area contributed by atoms with Crippen LogP contribution in [0.5, 0.6) is 0 Å². The van der Waals surface area contributed by atoms with E-state index >= 15 is 0 Å². The Morgan fingerprint density at radius 2 is 1.11 bits per heavy atom. The molecule has 0 aliphatic heterocycles. The molecule has 90 valence electrons. The summed E-state index contributed by atoms with van der Waals surface area (Å²) in [5, 5.41) is 0. The maximum absolute atomic E-state index is 3.35. The molecule has 19 heavy (non-hydrogen) atoms. The zero-order valence-electron chi connectivity index (χ0n) is 11.1. The standard InChI is InChI=1S/C19H14/c1-3-13-19(14-4-2)17-11-7-5-9-15(17)16-10-6-8-12-18(16)19/h5-12H,1-2H3. The fraction of sp³-hybridized carbons (Fsp3) is 0.158. The van der Waals surface area contributed by atoms with E-state index in [0.717, 1.165) is 0 Å². The van der Waals surface area contributed by atoms with Crippen molar-refractivity contribution in [2.24, 2.45) is 0 Å². The minimum absolute atomic E-state index is 0.462. The lowest BCUT2D eigenvalue weighted by Crippen LogP contribution is -2.20. The monoisotopic (exact) mass is 242 g/mol. The van der Waals surface area contributed by atoms with Gasteiger partial charge in [0.15, 0.2) is 0 Å². The zero-order chi connectivity index (χ0) is 13.3. The number of rotatable bonds is 0. The molecule has 0 saturated carbocycles. The van der Waals surface area contributed by atoms with Gasteiger partial charge in [-0.3, -0.25) is 0 Å². The van der Waals surface area contributed by atoms with Crippen LogP contribution < -0.4 is 0 Å². The Morgan fingerprint density at radius 1 is 0.684 bits per heavy atom. The maximum atomic E-state index is 3.35. The topological polar surface area (TPSA) is 0 Å². The van der Waals surface area contributed by atoms with Crippen molar-refractivity contribution in [3.05, 3.63) is 59.7 Å². The van der Waals surface area contributed by atoms with Gasteiger partial charge in [0, 0.05) is 0 Å². The minimum Gasteiger partial charge on any atom is -0.104 e. The Bertz CT molecular complexity index is 690. The van der Waals surface area contributed by atoms with E-state index in [1.165, 1.54) is 22.3 Å². The molecular formula is C19H14. The van der Waals surface area contributed by atoms with Crippen molar-refractivity contribution in [1.82, 2.24) is 0 Å². The quantitative estimate of drug-likeness (QED) is 0.612. The Balaban J connectivity index is 2.47. The van der Waals surface area contributed by atoms with Gasteiger partial charge >= 0.3 is 0 Å². The molecule has 1 aliphatic rings. The Labute approximate surface area is 114 Å². The van der Waals surface area contributed by atoms with E-state index in [4.69, 9.17) is 0 Å². The fourth-order valence-electron chi connectivity index (χ4n) is 2.91. The molecule has 0 saturated heterocycles. The molecular weight excluding hydrogens is 228 g/mol. The first kappa shape index (κ1) is 11.6. The summed E-state index contributed by atoms with van der Waals surface area (Å²) in [5.41, 5.74) is 4.46. The molecule has 0 fully saturated rings. The number of fused-ring (bicyclic) bond motifs is 3. The first-order valence-corrected chi connectivity index (χ1v) is 6.40. The fourth-order valence-corrected chi connectivity index (χ4v) is 2.91. The number of benzene rings is 2. The van der Waals surface area contributed by atoms with Crippen molar-refractivity contribution < 1.29 is 0 Å². The summed E-state index contributed by atoms with van der Waals surface area (Å²) in [5.74, 6) is 12.8. The van der Waals surface area contributed by atoms with Crippen LogP contribution in [0.1, 0.15) is 25.0 Å². The molecule has 0 amide bonds. The van der Waals surface area contributed by atoms with E-state index in [0.29, 0.717) is 0 Å². The summed E-state index contributed by atoms with van der Waals surface area (Å²) >= 11 is 0. The molecule has 0 unspecified atom stereocenters. The summed E-state index contributed by atoms with van der Waals surface area (Å²) in [6, 6.07) is 16.9. The molecule has 0 heterocycles. The van der Waals surface area contributed by atoms with Gasteiger partial charge in [-0.25, -0.2) is 0 Å². The largest absolute Gasteiger partial charge is 0.143 e. The lowest BCUT2D eigenvalue weighted by molar-refractivity contribution is 0.915. The van der Waals surface area contributed by atoms with Crippen LogP contribution in [0, 0.1) is 23.7 Å². The summed E-state index contributed by atoms with van der Waals surface area (Å²) in [6.45, 7) is 3.76. The smallest absolute Gasteiger partial charge is 0.104 e. The number of hydrogen-bond donors (Lipinski definition) is 0. The molecule has 2 aromatic rings.